The van der Waals surface area contributed by atoms with Crippen LogP contribution in [0.15, 0.2) is 30.3 Å². The number of nitrogens with two attached hydrogens (primary N) is 1. The highest BCUT2D eigenvalue weighted by Crippen LogP contribution is 2.36. The van der Waals surface area contributed by atoms with Gasteiger partial charge in [-0.2, -0.15) is 0 Å². The van der Waals surface area contributed by atoms with Crippen molar-refractivity contribution in [2.75, 3.05) is 7.05 Å². The number of fused-ring (bicyclic) bond motifs is 1. The Hall–Kier alpha value is -3.52. The SMILES string of the molecule is CNCc1nc(-c2ccc(-c3ccc(C(N)=O)cc3F)c3c2C(=O)NC3)[nH]c1C. The maximum atomic E-state index is 14.7. The molecule has 2 amide bonds. The number of halogens is 1. The molecule has 7 nitrogen and oxygen atoms in total. The molecule has 0 radical (unpaired) electrons. The highest BCUT2D eigenvalue weighted by Gasteiger charge is 2.28. The van der Waals surface area contributed by atoms with Crippen LogP contribution < -0.4 is 16.4 Å². The lowest BCUT2D eigenvalue weighted by molar-refractivity contribution is 0.0964. The van der Waals surface area contributed by atoms with Crippen LogP contribution in [0.5, 0.6) is 0 Å². The van der Waals surface area contributed by atoms with Crippen LogP contribution in [0.1, 0.15) is 37.7 Å². The fourth-order valence-corrected chi connectivity index (χ4v) is 3.65. The Labute approximate surface area is 166 Å². The van der Waals surface area contributed by atoms with Crippen LogP contribution in [0, 0.1) is 12.7 Å². The predicted molar refractivity (Wildman–Crippen MR) is 107 cm³/mol. The largest absolute Gasteiger partial charge is 0.366 e. The van der Waals surface area contributed by atoms with Crippen LogP contribution in [0.4, 0.5) is 4.39 Å². The van der Waals surface area contributed by atoms with Crippen LogP contribution in [-0.2, 0) is 13.1 Å². The van der Waals surface area contributed by atoms with Crippen molar-refractivity contribution < 1.29 is 14.0 Å². The highest BCUT2D eigenvalue weighted by molar-refractivity contribution is 6.06. The van der Waals surface area contributed by atoms with E-state index in [1.165, 1.54) is 12.1 Å². The molecule has 0 saturated heterocycles. The van der Waals surface area contributed by atoms with E-state index in [9.17, 15) is 14.0 Å². The van der Waals surface area contributed by atoms with E-state index in [1.807, 2.05) is 14.0 Å². The number of hydrogen-bond donors (Lipinski definition) is 4. The average Bonchev–Trinajstić information content (AvgIpc) is 3.25. The normalized spacial score (nSPS) is 12.7. The molecular formula is C21H20FN5O2. The Morgan fingerprint density at radius 2 is 1.97 bits per heavy atom. The van der Waals surface area contributed by atoms with Gasteiger partial charge in [-0.05, 0) is 43.3 Å². The maximum absolute atomic E-state index is 14.7. The lowest BCUT2D eigenvalue weighted by atomic mass is 9.92. The monoisotopic (exact) mass is 393 g/mol. The quantitative estimate of drug-likeness (QED) is 0.532. The van der Waals surface area contributed by atoms with Gasteiger partial charge in [-0.1, -0.05) is 12.1 Å². The summed E-state index contributed by atoms with van der Waals surface area (Å²) in [6.45, 7) is 2.82. The summed E-state index contributed by atoms with van der Waals surface area (Å²) in [6.07, 6.45) is 0. The van der Waals surface area contributed by atoms with Crippen molar-refractivity contribution in [2.24, 2.45) is 5.73 Å². The minimum Gasteiger partial charge on any atom is -0.366 e. The van der Waals surface area contributed by atoms with E-state index in [0.29, 0.717) is 40.2 Å². The minimum absolute atomic E-state index is 0.0943. The van der Waals surface area contributed by atoms with E-state index in [0.717, 1.165) is 17.5 Å². The average molecular weight is 393 g/mol. The van der Waals surface area contributed by atoms with E-state index < -0.39 is 11.7 Å². The van der Waals surface area contributed by atoms with Crippen molar-refractivity contribution in [2.45, 2.75) is 20.0 Å². The zero-order chi connectivity index (χ0) is 20.7. The van der Waals surface area contributed by atoms with Crippen molar-refractivity contribution in [3.05, 3.63) is 64.2 Å². The van der Waals surface area contributed by atoms with Gasteiger partial charge in [-0.3, -0.25) is 9.59 Å². The fourth-order valence-electron chi connectivity index (χ4n) is 3.65. The number of aromatic amines is 1. The first-order chi connectivity index (χ1) is 13.9. The van der Waals surface area contributed by atoms with Crippen LogP contribution in [0.2, 0.25) is 0 Å². The third kappa shape index (κ3) is 3.17. The van der Waals surface area contributed by atoms with Gasteiger partial charge in [0.2, 0.25) is 5.91 Å². The second-order valence-electron chi connectivity index (χ2n) is 6.94. The lowest BCUT2D eigenvalue weighted by Gasteiger charge is -2.12. The molecule has 0 aliphatic carbocycles. The van der Waals surface area contributed by atoms with Crippen molar-refractivity contribution in [3.8, 4) is 22.5 Å². The van der Waals surface area contributed by atoms with Gasteiger partial charge in [-0.15, -0.1) is 0 Å². The fraction of sp³-hybridized carbons (Fsp3) is 0.190. The zero-order valence-electron chi connectivity index (χ0n) is 16.0. The number of nitrogens with one attached hydrogen (secondary N) is 3. The summed E-state index contributed by atoms with van der Waals surface area (Å²) in [5.74, 6) is -0.897. The molecule has 0 saturated carbocycles. The number of nitrogens with zero attached hydrogens (tertiary/aromatic N) is 1. The molecule has 0 bridgehead atoms. The van der Waals surface area contributed by atoms with Gasteiger partial charge in [0, 0.05) is 35.5 Å². The summed E-state index contributed by atoms with van der Waals surface area (Å²) in [5.41, 5.74) is 9.84. The molecule has 4 rings (SSSR count). The summed E-state index contributed by atoms with van der Waals surface area (Å²) in [7, 11) is 1.84. The van der Waals surface area contributed by atoms with Crippen molar-refractivity contribution in [3.63, 3.8) is 0 Å². The van der Waals surface area contributed by atoms with E-state index in [1.54, 1.807) is 12.1 Å². The molecule has 2 aromatic carbocycles. The van der Waals surface area contributed by atoms with Crippen LogP contribution in [-0.4, -0.2) is 28.8 Å². The minimum atomic E-state index is -0.696. The molecule has 3 aromatic rings. The molecule has 5 N–H and O–H groups in total. The standard InChI is InChI=1S/C21H20FN5O2/c1-10-17(9-24-2)27-20(26-10)14-6-5-12(15-8-25-21(29)18(14)15)13-4-3-11(19(23)28)7-16(13)22/h3-7,24H,8-9H2,1-2H3,(H2,23,28)(H,25,29)(H,26,27). The Morgan fingerprint density at radius 1 is 1.24 bits per heavy atom. The molecule has 8 heteroatoms. The molecule has 0 fully saturated rings. The molecular weight excluding hydrogens is 373 g/mol. The first kappa shape index (κ1) is 18.8. The van der Waals surface area contributed by atoms with Gasteiger partial charge in [0.05, 0.1) is 11.3 Å². The molecule has 29 heavy (non-hydrogen) atoms. The van der Waals surface area contributed by atoms with Crippen molar-refractivity contribution >= 4 is 11.8 Å². The number of rotatable bonds is 5. The number of imidazole rings is 1. The Morgan fingerprint density at radius 3 is 2.66 bits per heavy atom. The lowest BCUT2D eigenvalue weighted by Crippen LogP contribution is -2.13. The zero-order valence-corrected chi connectivity index (χ0v) is 16.0. The molecule has 0 spiro atoms. The number of aryl methyl sites for hydroxylation is 1. The number of H-pyrrole nitrogens is 1. The predicted octanol–water partition coefficient (Wildman–Crippen LogP) is 2.25. The number of aromatic nitrogens is 2. The van der Waals surface area contributed by atoms with Crippen molar-refractivity contribution in [1.29, 1.82) is 0 Å². The first-order valence-corrected chi connectivity index (χ1v) is 9.15. The number of carbonyl (C=O) groups is 2. The smallest absolute Gasteiger partial charge is 0.252 e. The third-order valence-electron chi connectivity index (χ3n) is 5.09. The Balaban J connectivity index is 1.86. The van der Waals surface area contributed by atoms with E-state index in [-0.39, 0.29) is 18.0 Å². The molecule has 1 aliphatic heterocycles. The van der Waals surface area contributed by atoms with E-state index >= 15 is 0 Å². The van der Waals surface area contributed by atoms with Gasteiger partial charge in [0.15, 0.2) is 0 Å². The number of hydrogen-bond acceptors (Lipinski definition) is 4. The third-order valence-corrected chi connectivity index (χ3v) is 5.09. The van der Waals surface area contributed by atoms with Crippen LogP contribution >= 0.6 is 0 Å². The van der Waals surface area contributed by atoms with Crippen molar-refractivity contribution in [1.82, 2.24) is 20.6 Å². The number of amides is 2. The second kappa shape index (κ2) is 7.14. The molecule has 1 aromatic heterocycles. The van der Waals surface area contributed by atoms with Gasteiger partial charge in [-0.25, -0.2) is 9.37 Å². The molecule has 0 unspecified atom stereocenters. The Kier molecular flexibility index (Phi) is 4.63. The van der Waals surface area contributed by atoms with Crippen LogP contribution in [0.3, 0.4) is 0 Å². The van der Waals surface area contributed by atoms with E-state index in [2.05, 4.69) is 20.6 Å². The number of primary amides is 1. The summed E-state index contributed by atoms with van der Waals surface area (Å²) >= 11 is 0. The highest BCUT2D eigenvalue weighted by atomic mass is 19.1. The number of benzene rings is 2. The van der Waals surface area contributed by atoms with Gasteiger partial charge >= 0.3 is 0 Å². The topological polar surface area (TPSA) is 113 Å². The molecule has 2 heterocycles. The van der Waals surface area contributed by atoms with Gasteiger partial charge < -0.3 is 21.4 Å². The molecule has 1 aliphatic rings. The maximum Gasteiger partial charge on any atom is 0.252 e. The molecule has 0 atom stereocenters. The van der Waals surface area contributed by atoms with Gasteiger partial charge in [0.1, 0.15) is 11.6 Å². The second-order valence-corrected chi connectivity index (χ2v) is 6.94. The van der Waals surface area contributed by atoms with Crippen LogP contribution in [0.25, 0.3) is 22.5 Å². The summed E-state index contributed by atoms with van der Waals surface area (Å²) in [5, 5.41) is 5.88. The van der Waals surface area contributed by atoms with Gasteiger partial charge in [0.25, 0.3) is 5.91 Å². The molecule has 148 valence electrons. The Bertz CT molecular complexity index is 1150. The number of carbonyl (C=O) groups excluding carboxylic acids is 2. The summed E-state index contributed by atoms with van der Waals surface area (Å²) in [4.78, 5) is 31.7. The first-order valence-electron chi connectivity index (χ1n) is 9.15. The van der Waals surface area contributed by atoms with E-state index in [4.69, 9.17) is 5.73 Å². The summed E-state index contributed by atoms with van der Waals surface area (Å²) < 4.78 is 14.7. The summed E-state index contributed by atoms with van der Waals surface area (Å²) in [6, 6.07) is 7.64.